The van der Waals surface area contributed by atoms with Gasteiger partial charge in [-0.05, 0) is 42.0 Å². The molecule has 0 radical (unpaired) electrons. The number of aryl methyl sites for hydroxylation is 1. The van der Waals surface area contributed by atoms with Gasteiger partial charge in [0.1, 0.15) is 10.8 Å². The van der Waals surface area contributed by atoms with Crippen molar-refractivity contribution in [2.75, 3.05) is 12.4 Å². The van der Waals surface area contributed by atoms with Crippen LogP contribution in [-0.4, -0.2) is 32.8 Å². The van der Waals surface area contributed by atoms with Crippen LogP contribution in [0.2, 0.25) is 0 Å². The van der Waals surface area contributed by atoms with Gasteiger partial charge in [0.05, 0.1) is 18.4 Å². The maximum absolute atomic E-state index is 13.2. The van der Waals surface area contributed by atoms with Crippen molar-refractivity contribution in [3.8, 4) is 16.3 Å². The highest BCUT2D eigenvalue weighted by molar-refractivity contribution is 7.19. The molecule has 2 aromatic heterocycles. The second-order valence-electron chi connectivity index (χ2n) is 6.75. The normalized spacial score (nSPS) is 11.1. The number of rotatable bonds is 4. The number of nitrogens with zero attached hydrogens (tertiary/aromatic N) is 4. The molecule has 0 bridgehead atoms. The summed E-state index contributed by atoms with van der Waals surface area (Å²) in [7, 11) is 1.57. The van der Waals surface area contributed by atoms with Crippen molar-refractivity contribution >= 4 is 38.7 Å². The van der Waals surface area contributed by atoms with Gasteiger partial charge >= 0.3 is 0 Å². The van der Waals surface area contributed by atoms with E-state index in [0.717, 1.165) is 27.2 Å². The van der Waals surface area contributed by atoms with Gasteiger partial charge < -0.3 is 10.1 Å². The lowest BCUT2D eigenvalue weighted by molar-refractivity contribution is 0.102. The van der Waals surface area contributed by atoms with E-state index < -0.39 is 0 Å². The third-order valence-electron chi connectivity index (χ3n) is 4.86. The summed E-state index contributed by atoms with van der Waals surface area (Å²) >= 11 is 1.42. The first-order chi connectivity index (χ1) is 14.6. The number of ether oxygens (including phenoxy) is 1. The number of fused-ring (bicyclic) bond motifs is 2. The van der Waals surface area contributed by atoms with Gasteiger partial charge in [0.25, 0.3) is 5.91 Å². The smallest absolute Gasteiger partial charge is 0.259 e. The van der Waals surface area contributed by atoms with Crippen molar-refractivity contribution in [2.45, 2.75) is 6.92 Å². The third-order valence-corrected chi connectivity index (χ3v) is 5.80. The Kier molecular flexibility index (Phi) is 4.40. The number of para-hydroxylation sites is 1. The maximum Gasteiger partial charge on any atom is 0.259 e. The van der Waals surface area contributed by atoms with Crippen molar-refractivity contribution in [3.63, 3.8) is 0 Å². The first-order valence-corrected chi connectivity index (χ1v) is 10.1. The molecule has 0 atom stereocenters. The highest BCUT2D eigenvalue weighted by Crippen LogP contribution is 2.33. The van der Waals surface area contributed by atoms with Crippen LogP contribution in [0.25, 0.3) is 26.3 Å². The van der Waals surface area contributed by atoms with Gasteiger partial charge in [-0.3, -0.25) is 4.79 Å². The van der Waals surface area contributed by atoms with E-state index in [1.165, 1.54) is 11.3 Å². The van der Waals surface area contributed by atoms with E-state index in [2.05, 4.69) is 20.6 Å². The Hall–Kier alpha value is -3.78. The van der Waals surface area contributed by atoms with Crippen molar-refractivity contribution < 1.29 is 9.53 Å². The zero-order chi connectivity index (χ0) is 20.7. The Balaban J connectivity index is 1.54. The van der Waals surface area contributed by atoms with Gasteiger partial charge in [-0.2, -0.15) is 9.61 Å². The van der Waals surface area contributed by atoms with Crippen LogP contribution in [0.4, 0.5) is 5.69 Å². The van der Waals surface area contributed by atoms with Crippen LogP contribution in [0.15, 0.2) is 60.7 Å². The molecule has 0 saturated carbocycles. The number of aromatic nitrogens is 4. The van der Waals surface area contributed by atoms with Crippen LogP contribution < -0.4 is 10.1 Å². The van der Waals surface area contributed by atoms with Gasteiger partial charge in [-0.15, -0.1) is 10.2 Å². The third kappa shape index (κ3) is 3.07. The molecule has 148 valence electrons. The van der Waals surface area contributed by atoms with Crippen LogP contribution in [0.3, 0.4) is 0 Å². The first-order valence-electron chi connectivity index (χ1n) is 9.30. The topological polar surface area (TPSA) is 81.4 Å². The summed E-state index contributed by atoms with van der Waals surface area (Å²) in [4.78, 5) is 13.9. The van der Waals surface area contributed by atoms with E-state index in [-0.39, 0.29) is 5.91 Å². The molecule has 0 aliphatic rings. The fourth-order valence-electron chi connectivity index (χ4n) is 3.36. The summed E-state index contributed by atoms with van der Waals surface area (Å²) in [6.07, 6.45) is 0. The number of hydrogen-bond donors (Lipinski definition) is 1. The number of carbonyl (C=O) groups excluding carboxylic acids is 1. The van der Waals surface area contributed by atoms with Crippen molar-refractivity contribution in [2.24, 2.45) is 0 Å². The summed E-state index contributed by atoms with van der Waals surface area (Å²) < 4.78 is 7.18. The van der Waals surface area contributed by atoms with Gasteiger partial charge in [0.15, 0.2) is 5.82 Å². The van der Waals surface area contributed by atoms with Gasteiger partial charge in [-0.25, -0.2) is 0 Å². The van der Waals surface area contributed by atoms with E-state index in [1.807, 2.05) is 67.6 Å². The molecule has 3 aromatic carbocycles. The van der Waals surface area contributed by atoms with Gasteiger partial charge in [0.2, 0.25) is 4.96 Å². The first kappa shape index (κ1) is 18.3. The highest BCUT2D eigenvalue weighted by atomic mass is 32.1. The largest absolute Gasteiger partial charge is 0.496 e. The molecular formula is C22H17N5O2S. The summed E-state index contributed by atoms with van der Waals surface area (Å²) in [5.74, 6) is 0.997. The molecule has 5 rings (SSSR count). The molecule has 0 saturated heterocycles. The monoisotopic (exact) mass is 415 g/mol. The van der Waals surface area contributed by atoms with Gasteiger partial charge in [0, 0.05) is 5.56 Å². The van der Waals surface area contributed by atoms with Crippen LogP contribution in [0, 0.1) is 6.92 Å². The van der Waals surface area contributed by atoms with E-state index in [0.29, 0.717) is 22.0 Å². The average Bonchev–Trinajstić information content (AvgIpc) is 3.35. The molecule has 0 spiro atoms. The van der Waals surface area contributed by atoms with Crippen LogP contribution in [0.5, 0.6) is 5.75 Å². The Morgan fingerprint density at radius 2 is 1.77 bits per heavy atom. The minimum absolute atomic E-state index is 0.246. The van der Waals surface area contributed by atoms with Crippen molar-refractivity contribution in [1.82, 2.24) is 19.8 Å². The quantitative estimate of drug-likeness (QED) is 0.465. The minimum Gasteiger partial charge on any atom is -0.496 e. The van der Waals surface area contributed by atoms with Crippen molar-refractivity contribution in [3.05, 3.63) is 72.1 Å². The number of hydrogen-bond acceptors (Lipinski definition) is 6. The van der Waals surface area contributed by atoms with Crippen molar-refractivity contribution in [1.29, 1.82) is 0 Å². The average molecular weight is 415 g/mol. The van der Waals surface area contributed by atoms with E-state index in [1.54, 1.807) is 11.6 Å². The Morgan fingerprint density at radius 1 is 1.03 bits per heavy atom. The highest BCUT2D eigenvalue weighted by Gasteiger charge is 2.18. The number of carbonyl (C=O) groups is 1. The molecule has 8 heteroatoms. The van der Waals surface area contributed by atoms with Crippen LogP contribution >= 0.6 is 11.3 Å². The lowest BCUT2D eigenvalue weighted by atomic mass is 10.0. The molecule has 5 aromatic rings. The number of amides is 1. The number of benzene rings is 3. The van der Waals surface area contributed by atoms with Gasteiger partial charge in [-0.1, -0.05) is 47.7 Å². The zero-order valence-electron chi connectivity index (χ0n) is 16.3. The second-order valence-corrected chi connectivity index (χ2v) is 7.70. The summed E-state index contributed by atoms with van der Waals surface area (Å²) in [6.45, 7) is 1.85. The SMILES string of the molecule is COc1cc2ccccc2cc1C(=O)Nc1ccccc1-c1nn2c(C)nnc2s1. The molecule has 0 aliphatic carbocycles. The van der Waals surface area contributed by atoms with Crippen LogP contribution in [0.1, 0.15) is 16.2 Å². The fourth-order valence-corrected chi connectivity index (χ4v) is 4.28. The summed E-state index contributed by atoms with van der Waals surface area (Å²) in [5.41, 5.74) is 1.96. The predicted octanol–water partition coefficient (Wildman–Crippen LogP) is 4.58. The Morgan fingerprint density at radius 3 is 2.53 bits per heavy atom. The van der Waals surface area contributed by atoms with E-state index in [9.17, 15) is 4.79 Å². The molecule has 1 N–H and O–H groups in total. The molecule has 2 heterocycles. The van der Waals surface area contributed by atoms with E-state index >= 15 is 0 Å². The minimum atomic E-state index is -0.246. The Labute approximate surface area is 176 Å². The summed E-state index contributed by atoms with van der Waals surface area (Å²) in [6, 6.07) is 19.2. The van der Waals surface area contributed by atoms with Crippen LogP contribution in [-0.2, 0) is 0 Å². The molecule has 0 fully saturated rings. The predicted molar refractivity (Wildman–Crippen MR) is 117 cm³/mol. The maximum atomic E-state index is 13.2. The molecule has 0 aliphatic heterocycles. The number of nitrogens with one attached hydrogen (secondary N) is 1. The lowest BCUT2D eigenvalue weighted by Crippen LogP contribution is -2.14. The second kappa shape index (κ2) is 7.23. The Bertz CT molecular complexity index is 1410. The lowest BCUT2D eigenvalue weighted by Gasteiger charge is -2.13. The summed E-state index contributed by atoms with van der Waals surface area (Å²) in [5, 5.41) is 18.5. The molecule has 7 nitrogen and oxygen atoms in total. The standard InChI is InChI=1S/C22H17N5O2S/c1-13-24-25-22-27(13)26-21(30-22)16-9-5-6-10-18(16)23-20(28)17-11-14-7-3-4-8-15(14)12-19(17)29-2/h3-12H,1-2H3,(H,23,28). The fraction of sp³-hybridized carbons (Fsp3) is 0.0909. The molecular weight excluding hydrogens is 398 g/mol. The molecule has 30 heavy (non-hydrogen) atoms. The molecule has 0 unspecified atom stereocenters. The molecule has 1 amide bonds. The van der Waals surface area contributed by atoms with E-state index in [4.69, 9.17) is 4.74 Å². The zero-order valence-corrected chi connectivity index (χ0v) is 17.1. The number of anilines is 1. The number of methoxy groups -OCH3 is 1.